The maximum Gasteiger partial charge on any atom is 0.213 e. The lowest BCUT2D eigenvalue weighted by atomic mass is 9.95. The lowest BCUT2D eigenvalue weighted by Crippen LogP contribution is -2.45. The zero-order valence-electron chi connectivity index (χ0n) is 14.8. The summed E-state index contributed by atoms with van der Waals surface area (Å²) in [4.78, 5) is 8.80. The fourth-order valence-electron chi connectivity index (χ4n) is 3.14. The van der Waals surface area contributed by atoms with Crippen LogP contribution in [0.4, 0.5) is 0 Å². The van der Waals surface area contributed by atoms with Gasteiger partial charge in [-0.05, 0) is 25.0 Å². The van der Waals surface area contributed by atoms with Crippen LogP contribution in [0.25, 0.3) is 17.1 Å². The molecule has 7 nitrogen and oxygen atoms in total. The highest BCUT2D eigenvalue weighted by Gasteiger charge is 2.29. The molecular formula is C19H25N3O4. The molecule has 3 rings (SSSR count). The van der Waals surface area contributed by atoms with Gasteiger partial charge in [-0.2, -0.15) is 0 Å². The first-order valence-corrected chi connectivity index (χ1v) is 8.78. The highest BCUT2D eigenvalue weighted by Crippen LogP contribution is 2.24. The van der Waals surface area contributed by atoms with Crippen LogP contribution in [0.1, 0.15) is 24.8 Å². The number of aliphatic hydroxyl groups excluding tert-OH is 2. The SMILES string of the molecule is COc1ccc2nccc(/C=C/[C@@H]3CC[C@@H](N)[C@@H](C[C@@H](O)CO)O3)c2n1. The van der Waals surface area contributed by atoms with Crippen LogP contribution in [-0.4, -0.2) is 58.3 Å². The number of pyridine rings is 2. The van der Waals surface area contributed by atoms with Gasteiger partial charge in [-0.25, -0.2) is 4.98 Å². The van der Waals surface area contributed by atoms with Crippen molar-refractivity contribution in [3.63, 3.8) is 0 Å². The summed E-state index contributed by atoms with van der Waals surface area (Å²) < 4.78 is 11.2. The van der Waals surface area contributed by atoms with E-state index in [9.17, 15) is 5.11 Å². The number of methoxy groups -OCH3 is 1. The van der Waals surface area contributed by atoms with Crippen molar-refractivity contribution in [2.45, 2.75) is 43.6 Å². The van der Waals surface area contributed by atoms with Gasteiger partial charge in [-0.3, -0.25) is 4.98 Å². The van der Waals surface area contributed by atoms with E-state index in [1.807, 2.05) is 24.3 Å². The molecule has 0 aromatic carbocycles. The minimum atomic E-state index is -0.811. The molecule has 0 bridgehead atoms. The van der Waals surface area contributed by atoms with Crippen LogP contribution >= 0.6 is 0 Å². The number of rotatable bonds is 6. The predicted octanol–water partition coefficient (Wildman–Crippen LogP) is 1.27. The number of nitrogens with two attached hydrogens (primary N) is 1. The molecule has 26 heavy (non-hydrogen) atoms. The maximum absolute atomic E-state index is 9.66. The average Bonchev–Trinajstić information content (AvgIpc) is 2.67. The van der Waals surface area contributed by atoms with E-state index in [0.717, 1.165) is 29.4 Å². The fraction of sp³-hybridized carbons (Fsp3) is 0.474. The zero-order chi connectivity index (χ0) is 18.5. The van der Waals surface area contributed by atoms with E-state index < -0.39 is 6.10 Å². The Morgan fingerprint density at radius 2 is 2.23 bits per heavy atom. The Morgan fingerprint density at radius 1 is 1.38 bits per heavy atom. The normalized spacial score (nSPS) is 24.8. The van der Waals surface area contributed by atoms with Gasteiger partial charge in [0.05, 0.1) is 43.1 Å². The average molecular weight is 359 g/mol. The Morgan fingerprint density at radius 3 is 3.00 bits per heavy atom. The number of hydrogen-bond acceptors (Lipinski definition) is 7. The molecule has 140 valence electrons. The Labute approximate surface area is 152 Å². The summed E-state index contributed by atoms with van der Waals surface area (Å²) in [6.07, 6.45) is 6.47. The molecule has 3 heterocycles. The number of fused-ring (bicyclic) bond motifs is 1. The number of aliphatic hydroxyl groups is 2. The van der Waals surface area contributed by atoms with Crippen molar-refractivity contribution in [2.24, 2.45) is 5.73 Å². The van der Waals surface area contributed by atoms with Crippen LogP contribution < -0.4 is 10.5 Å². The van der Waals surface area contributed by atoms with E-state index in [-0.39, 0.29) is 24.9 Å². The van der Waals surface area contributed by atoms with Crippen molar-refractivity contribution in [3.8, 4) is 5.88 Å². The molecule has 0 aliphatic carbocycles. The molecule has 0 unspecified atom stereocenters. The third-order valence-electron chi connectivity index (χ3n) is 4.62. The second-order valence-corrected chi connectivity index (χ2v) is 6.51. The summed E-state index contributed by atoms with van der Waals surface area (Å²) in [5.41, 5.74) is 8.58. The van der Waals surface area contributed by atoms with Crippen molar-refractivity contribution in [3.05, 3.63) is 36.0 Å². The number of ether oxygens (including phenoxy) is 2. The van der Waals surface area contributed by atoms with Gasteiger partial charge in [0.1, 0.15) is 0 Å². The van der Waals surface area contributed by atoms with Crippen LogP contribution in [-0.2, 0) is 4.74 Å². The van der Waals surface area contributed by atoms with Gasteiger partial charge in [-0.15, -0.1) is 0 Å². The first kappa shape index (κ1) is 18.7. The van der Waals surface area contributed by atoms with Crippen molar-refractivity contribution >= 4 is 17.1 Å². The Hall–Kier alpha value is -2.06. The number of hydrogen-bond donors (Lipinski definition) is 3. The molecule has 1 saturated heterocycles. The molecule has 4 atom stereocenters. The molecule has 7 heteroatoms. The van der Waals surface area contributed by atoms with Crippen molar-refractivity contribution < 1.29 is 19.7 Å². The Kier molecular flexibility index (Phi) is 6.16. The summed E-state index contributed by atoms with van der Waals surface area (Å²) in [7, 11) is 1.58. The van der Waals surface area contributed by atoms with Gasteiger partial charge in [0.25, 0.3) is 0 Å². The topological polar surface area (TPSA) is 111 Å². The second kappa shape index (κ2) is 8.55. The van der Waals surface area contributed by atoms with Gasteiger partial charge in [0.15, 0.2) is 0 Å². The smallest absolute Gasteiger partial charge is 0.213 e. The van der Waals surface area contributed by atoms with Crippen LogP contribution in [0.5, 0.6) is 5.88 Å². The minimum absolute atomic E-state index is 0.0977. The van der Waals surface area contributed by atoms with Crippen LogP contribution in [0.2, 0.25) is 0 Å². The molecule has 0 amide bonds. The molecule has 0 spiro atoms. The zero-order valence-corrected chi connectivity index (χ0v) is 14.8. The maximum atomic E-state index is 9.66. The predicted molar refractivity (Wildman–Crippen MR) is 98.7 cm³/mol. The first-order valence-electron chi connectivity index (χ1n) is 8.78. The van der Waals surface area contributed by atoms with Gasteiger partial charge < -0.3 is 25.4 Å². The third-order valence-corrected chi connectivity index (χ3v) is 4.62. The molecule has 2 aromatic rings. The largest absolute Gasteiger partial charge is 0.481 e. The van der Waals surface area contributed by atoms with Gasteiger partial charge in [0, 0.05) is 30.3 Å². The summed E-state index contributed by atoms with van der Waals surface area (Å²) in [5, 5.41) is 18.7. The van der Waals surface area contributed by atoms with Crippen molar-refractivity contribution in [1.82, 2.24) is 9.97 Å². The van der Waals surface area contributed by atoms with Crippen LogP contribution in [0.15, 0.2) is 30.5 Å². The molecule has 1 aliphatic heterocycles. The number of aromatic nitrogens is 2. The highest BCUT2D eigenvalue weighted by atomic mass is 16.5. The molecule has 1 fully saturated rings. The fourth-order valence-corrected chi connectivity index (χ4v) is 3.14. The highest BCUT2D eigenvalue weighted by molar-refractivity contribution is 5.84. The first-order chi connectivity index (χ1) is 12.6. The van der Waals surface area contributed by atoms with E-state index in [1.165, 1.54) is 0 Å². The molecule has 0 radical (unpaired) electrons. The number of nitrogens with zero attached hydrogens (tertiary/aromatic N) is 2. The van der Waals surface area contributed by atoms with Crippen molar-refractivity contribution in [1.29, 1.82) is 0 Å². The van der Waals surface area contributed by atoms with E-state index >= 15 is 0 Å². The third kappa shape index (κ3) is 4.37. The Bertz CT molecular complexity index is 768. The van der Waals surface area contributed by atoms with Gasteiger partial charge in [0.2, 0.25) is 5.88 Å². The summed E-state index contributed by atoms with van der Waals surface area (Å²) >= 11 is 0. The summed E-state index contributed by atoms with van der Waals surface area (Å²) in [6, 6.07) is 5.42. The van der Waals surface area contributed by atoms with E-state index in [0.29, 0.717) is 12.3 Å². The monoisotopic (exact) mass is 359 g/mol. The second-order valence-electron chi connectivity index (χ2n) is 6.51. The standard InChI is InChI=1S/C19H25N3O4/c1-25-18-7-6-16-19(22-18)12(8-9-21-16)2-3-14-4-5-15(20)17(26-14)10-13(24)11-23/h2-3,6-9,13-15,17,23-24H,4-5,10-11,20H2,1H3/b3-2+/t13-,14-,15-,17-/m1/s1. The Balaban J connectivity index is 1.76. The van der Waals surface area contributed by atoms with Crippen molar-refractivity contribution in [2.75, 3.05) is 13.7 Å². The van der Waals surface area contributed by atoms with Crippen LogP contribution in [0.3, 0.4) is 0 Å². The van der Waals surface area contributed by atoms with E-state index in [4.69, 9.17) is 20.3 Å². The quantitative estimate of drug-likeness (QED) is 0.712. The molecule has 2 aromatic heterocycles. The van der Waals surface area contributed by atoms with E-state index in [1.54, 1.807) is 19.4 Å². The molecular weight excluding hydrogens is 334 g/mol. The van der Waals surface area contributed by atoms with E-state index in [2.05, 4.69) is 9.97 Å². The molecule has 4 N–H and O–H groups in total. The molecule has 1 aliphatic rings. The lowest BCUT2D eigenvalue weighted by Gasteiger charge is -2.34. The van der Waals surface area contributed by atoms with Gasteiger partial charge in [-0.1, -0.05) is 12.2 Å². The van der Waals surface area contributed by atoms with Gasteiger partial charge >= 0.3 is 0 Å². The summed E-state index contributed by atoms with van der Waals surface area (Å²) in [5.74, 6) is 0.540. The van der Waals surface area contributed by atoms with Crippen LogP contribution in [0, 0.1) is 0 Å². The molecule has 0 saturated carbocycles. The lowest BCUT2D eigenvalue weighted by molar-refractivity contribution is -0.0648. The summed E-state index contributed by atoms with van der Waals surface area (Å²) in [6.45, 7) is -0.288. The minimum Gasteiger partial charge on any atom is -0.481 e.